The second-order valence-electron chi connectivity index (χ2n) is 7.15. The van der Waals surface area contributed by atoms with E-state index < -0.39 is 7.92 Å². The number of aryl methyl sites for hydroxylation is 1. The van der Waals surface area contributed by atoms with Crippen molar-refractivity contribution in [3.63, 3.8) is 0 Å². The SMILES string of the molecule is CCCCCCCCc1ccccc1P(c1ccccc1)c1ccccc1.I. The zero-order valence-electron chi connectivity index (χ0n) is 16.9. The van der Waals surface area contributed by atoms with Crippen molar-refractivity contribution < 1.29 is 0 Å². The summed E-state index contributed by atoms with van der Waals surface area (Å²) in [5.41, 5.74) is 1.53. The quantitative estimate of drug-likeness (QED) is 0.160. The number of benzene rings is 3. The fraction of sp³-hybridized carbons (Fsp3) is 0.308. The average Bonchev–Trinajstić information content (AvgIpc) is 2.73. The molecule has 0 aliphatic rings. The van der Waals surface area contributed by atoms with Crippen molar-refractivity contribution in [1.82, 2.24) is 0 Å². The second kappa shape index (κ2) is 13.1. The lowest BCUT2D eigenvalue weighted by Gasteiger charge is -2.22. The molecule has 0 atom stereocenters. The highest BCUT2D eigenvalue weighted by atomic mass is 127. The van der Waals surface area contributed by atoms with Crippen LogP contribution in [-0.4, -0.2) is 0 Å². The maximum absolute atomic E-state index is 2.36. The molecule has 0 unspecified atom stereocenters. The fourth-order valence-corrected chi connectivity index (χ4v) is 6.12. The molecule has 0 radical (unpaired) electrons. The van der Waals surface area contributed by atoms with Crippen LogP contribution in [0.25, 0.3) is 0 Å². The van der Waals surface area contributed by atoms with Crippen molar-refractivity contribution in [1.29, 1.82) is 0 Å². The lowest BCUT2D eigenvalue weighted by atomic mass is 10.1. The summed E-state index contributed by atoms with van der Waals surface area (Å²) < 4.78 is 0. The van der Waals surface area contributed by atoms with Crippen LogP contribution in [0.3, 0.4) is 0 Å². The Morgan fingerprint density at radius 1 is 0.571 bits per heavy atom. The van der Waals surface area contributed by atoms with Gasteiger partial charge in [0.05, 0.1) is 0 Å². The van der Waals surface area contributed by atoms with Crippen molar-refractivity contribution in [3.05, 3.63) is 90.5 Å². The molecule has 0 spiro atoms. The smallest absolute Gasteiger partial charge is 0.0119 e. The van der Waals surface area contributed by atoms with Gasteiger partial charge in [-0.05, 0) is 42.2 Å². The Labute approximate surface area is 189 Å². The number of hydrogen-bond acceptors (Lipinski definition) is 0. The van der Waals surface area contributed by atoms with Gasteiger partial charge in [-0.1, -0.05) is 124 Å². The highest BCUT2D eigenvalue weighted by molar-refractivity contribution is 14.0. The van der Waals surface area contributed by atoms with E-state index in [4.69, 9.17) is 0 Å². The van der Waals surface area contributed by atoms with Crippen molar-refractivity contribution >= 4 is 47.8 Å². The van der Waals surface area contributed by atoms with Crippen LogP contribution >= 0.6 is 31.9 Å². The Kier molecular flexibility index (Phi) is 10.8. The molecule has 3 aromatic carbocycles. The van der Waals surface area contributed by atoms with Gasteiger partial charge >= 0.3 is 0 Å². The lowest BCUT2D eigenvalue weighted by molar-refractivity contribution is 0.608. The molecule has 0 aromatic heterocycles. The summed E-state index contributed by atoms with van der Waals surface area (Å²) in [5.74, 6) is 0. The molecule has 3 rings (SSSR count). The van der Waals surface area contributed by atoms with E-state index in [2.05, 4.69) is 91.9 Å². The lowest BCUT2D eigenvalue weighted by Crippen LogP contribution is -2.23. The standard InChI is InChI=1S/C26H31P.HI/c1-2-3-4-5-6-9-16-23-17-14-15-22-26(23)27(24-18-10-7-11-19-24)25-20-12-8-13-21-25;/h7-8,10-15,17-22H,2-6,9,16H2,1H3;1H. The Morgan fingerprint density at radius 2 is 1.07 bits per heavy atom. The first-order chi connectivity index (χ1) is 13.4. The molecule has 0 N–H and O–H groups in total. The van der Waals surface area contributed by atoms with Crippen molar-refractivity contribution in [2.24, 2.45) is 0 Å². The van der Waals surface area contributed by atoms with Gasteiger partial charge in [-0.3, -0.25) is 0 Å². The third kappa shape index (κ3) is 6.71. The molecule has 0 nitrogen and oxygen atoms in total. The topological polar surface area (TPSA) is 0 Å². The second-order valence-corrected chi connectivity index (χ2v) is 9.34. The first-order valence-electron chi connectivity index (χ1n) is 10.4. The Balaban J connectivity index is 0.00000280. The van der Waals surface area contributed by atoms with Crippen LogP contribution in [0.2, 0.25) is 0 Å². The van der Waals surface area contributed by atoms with E-state index in [1.165, 1.54) is 66.4 Å². The number of hydrogen-bond donors (Lipinski definition) is 0. The first-order valence-corrected chi connectivity index (χ1v) is 11.7. The molecule has 0 heterocycles. The fourth-order valence-electron chi connectivity index (χ4n) is 3.62. The molecule has 0 aliphatic carbocycles. The minimum absolute atomic E-state index is 0. The number of rotatable bonds is 10. The summed E-state index contributed by atoms with van der Waals surface area (Å²) in [7, 11) is -0.497. The maximum atomic E-state index is 2.36. The first kappa shape index (κ1) is 23.1. The van der Waals surface area contributed by atoms with Gasteiger partial charge in [-0.25, -0.2) is 0 Å². The molecule has 0 aliphatic heterocycles. The summed E-state index contributed by atoms with van der Waals surface area (Å²) in [5, 5.41) is 4.40. The van der Waals surface area contributed by atoms with Gasteiger partial charge in [0.15, 0.2) is 0 Å². The molecule has 0 saturated heterocycles. The Bertz CT molecular complexity index is 746. The van der Waals surface area contributed by atoms with Gasteiger partial charge in [-0.15, -0.1) is 24.0 Å². The third-order valence-corrected chi connectivity index (χ3v) is 7.61. The summed E-state index contributed by atoms with van der Waals surface area (Å²) in [6.07, 6.45) is 9.31. The van der Waals surface area contributed by atoms with E-state index >= 15 is 0 Å². The molecule has 0 saturated carbocycles. The third-order valence-electron chi connectivity index (χ3n) is 5.06. The minimum atomic E-state index is -0.497. The predicted molar refractivity (Wildman–Crippen MR) is 138 cm³/mol. The van der Waals surface area contributed by atoms with E-state index in [1.807, 2.05) is 0 Å². The monoisotopic (exact) mass is 502 g/mol. The van der Waals surface area contributed by atoms with Crippen LogP contribution < -0.4 is 15.9 Å². The van der Waals surface area contributed by atoms with Gasteiger partial charge in [0.1, 0.15) is 0 Å². The van der Waals surface area contributed by atoms with Crippen LogP contribution in [0.1, 0.15) is 51.0 Å². The Hall–Kier alpha value is -1.18. The molecule has 3 aromatic rings. The van der Waals surface area contributed by atoms with Crippen LogP contribution in [0.4, 0.5) is 0 Å². The van der Waals surface area contributed by atoms with Crippen LogP contribution in [-0.2, 0) is 6.42 Å². The van der Waals surface area contributed by atoms with Gasteiger partial charge < -0.3 is 0 Å². The largest absolute Gasteiger partial charge is 0.107 e. The van der Waals surface area contributed by atoms with E-state index in [-0.39, 0.29) is 24.0 Å². The van der Waals surface area contributed by atoms with Crippen molar-refractivity contribution in [3.8, 4) is 0 Å². The van der Waals surface area contributed by atoms with E-state index in [0.29, 0.717) is 0 Å². The summed E-state index contributed by atoms with van der Waals surface area (Å²) in [6, 6.07) is 31.2. The molecular weight excluding hydrogens is 470 g/mol. The molecule has 148 valence electrons. The molecule has 28 heavy (non-hydrogen) atoms. The minimum Gasteiger partial charge on any atom is -0.107 e. The summed E-state index contributed by atoms with van der Waals surface area (Å²) in [4.78, 5) is 0. The summed E-state index contributed by atoms with van der Waals surface area (Å²) >= 11 is 0. The predicted octanol–water partition coefficient (Wildman–Crippen LogP) is 6.97. The maximum Gasteiger partial charge on any atom is -0.0119 e. The zero-order valence-corrected chi connectivity index (χ0v) is 20.1. The average molecular weight is 502 g/mol. The normalized spacial score (nSPS) is 10.6. The van der Waals surface area contributed by atoms with Gasteiger partial charge in [0, 0.05) is 0 Å². The zero-order chi connectivity index (χ0) is 18.7. The van der Waals surface area contributed by atoms with E-state index in [1.54, 1.807) is 0 Å². The number of halogens is 1. The summed E-state index contributed by atoms with van der Waals surface area (Å²) in [6.45, 7) is 2.28. The number of unbranched alkanes of at least 4 members (excludes halogenated alkanes) is 5. The van der Waals surface area contributed by atoms with Crippen molar-refractivity contribution in [2.45, 2.75) is 51.9 Å². The molecule has 0 amide bonds. The molecular formula is C26H32IP. The highest BCUT2D eigenvalue weighted by Crippen LogP contribution is 2.34. The molecule has 2 heteroatoms. The van der Waals surface area contributed by atoms with Gasteiger partial charge in [0.2, 0.25) is 0 Å². The van der Waals surface area contributed by atoms with Crippen LogP contribution in [0.5, 0.6) is 0 Å². The highest BCUT2D eigenvalue weighted by Gasteiger charge is 2.18. The van der Waals surface area contributed by atoms with Crippen molar-refractivity contribution in [2.75, 3.05) is 0 Å². The van der Waals surface area contributed by atoms with Gasteiger partial charge in [0.25, 0.3) is 0 Å². The molecule has 0 bridgehead atoms. The van der Waals surface area contributed by atoms with E-state index in [9.17, 15) is 0 Å². The Morgan fingerprint density at radius 3 is 1.68 bits per heavy atom. The van der Waals surface area contributed by atoms with Crippen LogP contribution in [0.15, 0.2) is 84.9 Å². The van der Waals surface area contributed by atoms with E-state index in [0.717, 1.165) is 0 Å². The molecule has 0 fully saturated rings. The van der Waals surface area contributed by atoms with Gasteiger partial charge in [-0.2, -0.15) is 0 Å². The van der Waals surface area contributed by atoms with Crippen LogP contribution in [0, 0.1) is 0 Å².